The molecule has 164 valence electrons. The molecule has 1 aliphatic heterocycles. The van der Waals surface area contributed by atoms with Crippen molar-refractivity contribution in [3.8, 4) is 0 Å². The molecule has 1 unspecified atom stereocenters. The van der Waals surface area contributed by atoms with Crippen molar-refractivity contribution in [3.05, 3.63) is 53.5 Å². The number of hydrogen-bond donors (Lipinski definition) is 2. The Morgan fingerprint density at radius 2 is 2.13 bits per heavy atom. The number of anilines is 2. The zero-order chi connectivity index (χ0) is 20.8. The summed E-state index contributed by atoms with van der Waals surface area (Å²) in [7, 11) is 4.09. The lowest BCUT2D eigenvalue weighted by Crippen LogP contribution is -2.44. The third-order valence-electron chi connectivity index (χ3n) is 5.16. The zero-order valence-electron chi connectivity index (χ0n) is 18.2. The Morgan fingerprint density at radius 3 is 2.80 bits per heavy atom. The summed E-state index contributed by atoms with van der Waals surface area (Å²) in [4.78, 5) is 13.0. The molecule has 1 aromatic carbocycles. The van der Waals surface area contributed by atoms with Gasteiger partial charge in [0.1, 0.15) is 0 Å². The number of pyridine rings is 1. The van der Waals surface area contributed by atoms with E-state index in [0.29, 0.717) is 18.9 Å². The van der Waals surface area contributed by atoms with E-state index in [0.717, 1.165) is 25.5 Å². The summed E-state index contributed by atoms with van der Waals surface area (Å²) in [5.41, 5.74) is 3.62. The molecule has 0 aliphatic carbocycles. The van der Waals surface area contributed by atoms with Crippen molar-refractivity contribution in [2.75, 3.05) is 43.5 Å². The van der Waals surface area contributed by atoms with Gasteiger partial charge in [0.15, 0.2) is 17.6 Å². The van der Waals surface area contributed by atoms with Crippen molar-refractivity contribution in [3.63, 3.8) is 0 Å². The number of guanidine groups is 1. The summed E-state index contributed by atoms with van der Waals surface area (Å²) in [6.07, 6.45) is 2.55. The van der Waals surface area contributed by atoms with Crippen molar-refractivity contribution in [2.45, 2.75) is 32.9 Å². The second-order valence-corrected chi connectivity index (χ2v) is 7.59. The van der Waals surface area contributed by atoms with Crippen LogP contribution in [0.2, 0.25) is 0 Å². The fraction of sp³-hybridized carbons (Fsp3) is 0.455. The first-order chi connectivity index (χ1) is 14.0. The van der Waals surface area contributed by atoms with Gasteiger partial charge in [0.2, 0.25) is 0 Å². The van der Waals surface area contributed by atoms with Crippen LogP contribution in [0.5, 0.6) is 0 Å². The minimum absolute atomic E-state index is 0. The lowest BCUT2D eigenvalue weighted by Gasteiger charge is -2.20. The number of aryl methyl sites for hydroxylation is 1. The van der Waals surface area contributed by atoms with Crippen LogP contribution in [0, 0.1) is 12.7 Å². The van der Waals surface area contributed by atoms with Gasteiger partial charge < -0.3 is 20.4 Å². The number of halogens is 2. The zero-order valence-corrected chi connectivity index (χ0v) is 20.5. The van der Waals surface area contributed by atoms with E-state index in [1.165, 1.54) is 22.9 Å². The number of nitrogens with zero attached hydrogens (tertiary/aromatic N) is 4. The van der Waals surface area contributed by atoms with Crippen molar-refractivity contribution >= 4 is 41.4 Å². The molecule has 1 aromatic heterocycles. The number of aliphatic imine (C=N–C) groups is 1. The maximum Gasteiger partial charge on any atom is 0.191 e. The van der Waals surface area contributed by atoms with Gasteiger partial charge in [-0.1, -0.05) is 6.07 Å². The van der Waals surface area contributed by atoms with E-state index in [1.807, 2.05) is 19.0 Å². The molecule has 0 saturated carbocycles. The van der Waals surface area contributed by atoms with E-state index in [1.54, 1.807) is 12.3 Å². The predicted molar refractivity (Wildman–Crippen MR) is 134 cm³/mol. The first kappa shape index (κ1) is 24.2. The molecule has 6 nitrogen and oxygen atoms in total. The van der Waals surface area contributed by atoms with E-state index in [9.17, 15) is 4.39 Å². The van der Waals surface area contributed by atoms with Crippen molar-refractivity contribution in [2.24, 2.45) is 4.99 Å². The van der Waals surface area contributed by atoms with E-state index < -0.39 is 0 Å². The lowest BCUT2D eigenvalue weighted by molar-refractivity contribution is 0.612. The highest BCUT2D eigenvalue weighted by molar-refractivity contribution is 14.0. The average Bonchev–Trinajstić information content (AvgIpc) is 3.15. The number of rotatable bonds is 6. The summed E-state index contributed by atoms with van der Waals surface area (Å²) in [5.74, 6) is 0.942. The molecule has 30 heavy (non-hydrogen) atoms. The number of nitrogens with one attached hydrogen (secondary N) is 2. The molecule has 0 amide bonds. The van der Waals surface area contributed by atoms with Crippen molar-refractivity contribution in [1.82, 2.24) is 15.6 Å². The SMILES string of the molecule is CCNC(=NCc1ccc(N(C)C)cc1C)NC1CCN(c2ncccc2F)C1.I. The van der Waals surface area contributed by atoms with Crippen LogP contribution in [-0.2, 0) is 6.54 Å². The van der Waals surface area contributed by atoms with Gasteiger partial charge in [0.25, 0.3) is 0 Å². The van der Waals surface area contributed by atoms with Gasteiger partial charge in [-0.25, -0.2) is 14.4 Å². The highest BCUT2D eigenvalue weighted by atomic mass is 127. The third kappa shape index (κ3) is 6.20. The summed E-state index contributed by atoms with van der Waals surface area (Å²) >= 11 is 0. The van der Waals surface area contributed by atoms with Crippen LogP contribution in [-0.4, -0.2) is 50.7 Å². The van der Waals surface area contributed by atoms with Gasteiger partial charge in [-0.15, -0.1) is 24.0 Å². The molecule has 1 saturated heterocycles. The van der Waals surface area contributed by atoms with Crippen molar-refractivity contribution < 1.29 is 4.39 Å². The van der Waals surface area contributed by atoms with Crippen molar-refractivity contribution in [1.29, 1.82) is 0 Å². The monoisotopic (exact) mass is 526 g/mol. The van der Waals surface area contributed by atoms with Crippen LogP contribution in [0.3, 0.4) is 0 Å². The molecule has 2 heterocycles. The summed E-state index contributed by atoms with van der Waals surface area (Å²) < 4.78 is 14.0. The van der Waals surface area contributed by atoms with Gasteiger partial charge in [-0.2, -0.15) is 0 Å². The van der Waals surface area contributed by atoms with E-state index in [4.69, 9.17) is 4.99 Å². The number of hydrogen-bond acceptors (Lipinski definition) is 4. The summed E-state index contributed by atoms with van der Waals surface area (Å²) in [6, 6.07) is 9.72. The standard InChI is InChI=1S/C22H31FN6.HI/c1-5-24-22(26-14-17-8-9-19(28(3)4)13-16(17)2)27-18-10-12-29(15-18)21-20(23)7-6-11-25-21;/h6-9,11,13,18H,5,10,12,14-15H2,1-4H3,(H2,24,26,27);1H. The minimum atomic E-state index is -0.273. The molecular formula is C22H32FIN6. The Hall–Kier alpha value is -2.10. The Balaban J connectivity index is 0.00000320. The molecule has 8 heteroatoms. The third-order valence-corrected chi connectivity index (χ3v) is 5.16. The van der Waals surface area contributed by atoms with E-state index in [-0.39, 0.29) is 35.8 Å². The first-order valence-electron chi connectivity index (χ1n) is 10.1. The normalized spacial score (nSPS) is 16.2. The number of aromatic nitrogens is 1. The van der Waals surface area contributed by atoms with Gasteiger partial charge in [0.05, 0.1) is 6.54 Å². The maximum absolute atomic E-state index is 14.0. The highest BCUT2D eigenvalue weighted by Crippen LogP contribution is 2.21. The van der Waals surface area contributed by atoms with Crippen LogP contribution in [0.15, 0.2) is 41.5 Å². The molecule has 0 spiro atoms. The Labute approximate surface area is 196 Å². The average molecular weight is 526 g/mol. The van der Waals surface area contributed by atoms with Crippen LogP contribution < -0.4 is 20.4 Å². The first-order valence-corrected chi connectivity index (χ1v) is 10.1. The molecule has 3 rings (SSSR count). The Bertz CT molecular complexity index is 857. The molecule has 2 aromatic rings. The predicted octanol–water partition coefficient (Wildman–Crippen LogP) is 3.55. The number of benzene rings is 1. The molecule has 1 aliphatic rings. The lowest BCUT2D eigenvalue weighted by atomic mass is 10.1. The van der Waals surface area contributed by atoms with Crippen LogP contribution in [0.25, 0.3) is 0 Å². The van der Waals surface area contributed by atoms with E-state index >= 15 is 0 Å². The Kier molecular flexibility index (Phi) is 9.13. The van der Waals surface area contributed by atoms with Crippen LogP contribution in [0.1, 0.15) is 24.5 Å². The smallest absolute Gasteiger partial charge is 0.191 e. The van der Waals surface area contributed by atoms with Gasteiger partial charge >= 0.3 is 0 Å². The van der Waals surface area contributed by atoms with Gasteiger partial charge in [0, 0.05) is 51.7 Å². The summed E-state index contributed by atoms with van der Waals surface area (Å²) in [6.45, 7) is 7.05. The maximum atomic E-state index is 14.0. The molecule has 0 bridgehead atoms. The van der Waals surface area contributed by atoms with Crippen LogP contribution >= 0.6 is 24.0 Å². The van der Waals surface area contributed by atoms with Gasteiger partial charge in [-0.3, -0.25) is 0 Å². The van der Waals surface area contributed by atoms with Gasteiger partial charge in [-0.05, 0) is 55.7 Å². The fourth-order valence-corrected chi connectivity index (χ4v) is 3.49. The van der Waals surface area contributed by atoms with Crippen LogP contribution in [0.4, 0.5) is 15.9 Å². The fourth-order valence-electron chi connectivity index (χ4n) is 3.49. The molecule has 2 N–H and O–H groups in total. The van der Waals surface area contributed by atoms with E-state index in [2.05, 4.69) is 52.6 Å². The molecule has 1 fully saturated rings. The summed E-state index contributed by atoms with van der Waals surface area (Å²) in [5, 5.41) is 6.81. The molecular weight excluding hydrogens is 494 g/mol. The molecule has 1 atom stereocenters. The molecule has 0 radical (unpaired) electrons. The second kappa shape index (κ2) is 11.3. The second-order valence-electron chi connectivity index (χ2n) is 7.59. The minimum Gasteiger partial charge on any atom is -0.378 e. The largest absolute Gasteiger partial charge is 0.378 e. The Morgan fingerprint density at radius 1 is 1.33 bits per heavy atom. The quantitative estimate of drug-likeness (QED) is 0.343. The topological polar surface area (TPSA) is 55.8 Å². The highest BCUT2D eigenvalue weighted by Gasteiger charge is 2.25.